The Hall–Kier alpha value is -2.62. The highest BCUT2D eigenvalue weighted by molar-refractivity contribution is 6.14. The van der Waals surface area contributed by atoms with Crippen molar-refractivity contribution < 1.29 is 4.79 Å². The van der Waals surface area contributed by atoms with Crippen LogP contribution >= 0.6 is 0 Å². The van der Waals surface area contributed by atoms with Crippen LogP contribution < -0.4 is 0 Å². The fourth-order valence-electron chi connectivity index (χ4n) is 3.35. The zero-order chi connectivity index (χ0) is 15.8. The van der Waals surface area contributed by atoms with Gasteiger partial charge in [0.05, 0.1) is 17.1 Å². The molecule has 4 rings (SSSR count). The molecule has 0 spiro atoms. The maximum atomic E-state index is 11.4. The van der Waals surface area contributed by atoms with E-state index in [1.54, 1.807) is 0 Å². The highest BCUT2D eigenvalue weighted by Crippen LogP contribution is 2.28. The number of aromatic amines is 2. The van der Waals surface area contributed by atoms with Crippen LogP contribution in [-0.2, 0) is 17.6 Å². The summed E-state index contributed by atoms with van der Waals surface area (Å²) in [6.07, 6.45) is 9.99. The molecule has 1 unspecified atom stereocenters. The van der Waals surface area contributed by atoms with Crippen LogP contribution in [0, 0.1) is 5.92 Å². The Morgan fingerprint density at radius 2 is 2.30 bits per heavy atom. The average molecular weight is 305 g/mol. The van der Waals surface area contributed by atoms with Crippen molar-refractivity contribution in [3.05, 3.63) is 64.4 Å². The predicted octanol–water partition coefficient (Wildman–Crippen LogP) is 3.44. The standard InChI is InChI=1S/C19H19N3O/c1-12-4-5-16-13(7-12)8-15(21-16)10-18-14(11-23)9-19(22-18)17-3-2-6-20-17/h2-3,6,8-12,20-21H,4-5,7H2,1H3/b18-10+. The molecule has 0 saturated carbocycles. The molecule has 2 aromatic heterocycles. The molecule has 0 fully saturated rings. The lowest BCUT2D eigenvalue weighted by Gasteiger charge is -2.17. The summed E-state index contributed by atoms with van der Waals surface area (Å²) in [5.74, 6) is 0.744. The van der Waals surface area contributed by atoms with Crippen LogP contribution in [0.4, 0.5) is 0 Å². The first-order valence-corrected chi connectivity index (χ1v) is 8.05. The van der Waals surface area contributed by atoms with E-state index in [1.807, 2.05) is 30.5 Å². The molecule has 0 radical (unpaired) electrons. The van der Waals surface area contributed by atoms with Crippen LogP contribution in [-0.4, -0.2) is 22.0 Å². The molecule has 0 bridgehead atoms. The minimum atomic E-state index is 0.621. The molecule has 0 amide bonds. The van der Waals surface area contributed by atoms with Gasteiger partial charge in [0.15, 0.2) is 6.29 Å². The summed E-state index contributed by atoms with van der Waals surface area (Å²) in [7, 11) is 0. The molecule has 3 heterocycles. The number of nitrogens with one attached hydrogen (secondary N) is 2. The molecule has 23 heavy (non-hydrogen) atoms. The van der Waals surface area contributed by atoms with E-state index in [-0.39, 0.29) is 0 Å². The van der Waals surface area contributed by atoms with E-state index < -0.39 is 0 Å². The van der Waals surface area contributed by atoms with Gasteiger partial charge in [-0.15, -0.1) is 0 Å². The summed E-state index contributed by atoms with van der Waals surface area (Å²) in [4.78, 5) is 22.6. The molecular weight excluding hydrogens is 286 g/mol. The van der Waals surface area contributed by atoms with Crippen molar-refractivity contribution >= 4 is 18.1 Å². The molecule has 4 heteroatoms. The zero-order valence-electron chi connectivity index (χ0n) is 13.1. The van der Waals surface area contributed by atoms with Gasteiger partial charge in [0, 0.05) is 23.2 Å². The number of aliphatic imine (C=N–C) groups is 1. The largest absolute Gasteiger partial charge is 0.360 e. The van der Waals surface area contributed by atoms with Crippen LogP contribution in [0.5, 0.6) is 0 Å². The Morgan fingerprint density at radius 3 is 3.09 bits per heavy atom. The minimum Gasteiger partial charge on any atom is -0.360 e. The molecule has 2 aliphatic rings. The Morgan fingerprint density at radius 1 is 1.39 bits per heavy atom. The Kier molecular flexibility index (Phi) is 3.37. The molecular formula is C19H19N3O. The van der Waals surface area contributed by atoms with E-state index in [0.717, 1.165) is 47.8 Å². The van der Waals surface area contributed by atoms with Crippen LogP contribution in [0.3, 0.4) is 0 Å². The van der Waals surface area contributed by atoms with E-state index in [1.165, 1.54) is 17.7 Å². The van der Waals surface area contributed by atoms with Gasteiger partial charge >= 0.3 is 0 Å². The molecule has 0 aromatic carbocycles. The van der Waals surface area contributed by atoms with E-state index in [2.05, 4.69) is 28.0 Å². The molecule has 116 valence electrons. The van der Waals surface area contributed by atoms with Crippen molar-refractivity contribution in [2.45, 2.75) is 26.2 Å². The van der Waals surface area contributed by atoms with Crippen LogP contribution in [0.2, 0.25) is 0 Å². The number of fused-ring (bicyclic) bond motifs is 1. The van der Waals surface area contributed by atoms with Gasteiger partial charge < -0.3 is 9.97 Å². The maximum Gasteiger partial charge on any atom is 0.152 e. The van der Waals surface area contributed by atoms with Crippen molar-refractivity contribution in [3.63, 3.8) is 0 Å². The molecule has 4 nitrogen and oxygen atoms in total. The third kappa shape index (κ3) is 2.61. The smallest absolute Gasteiger partial charge is 0.152 e. The van der Waals surface area contributed by atoms with Crippen molar-refractivity contribution in [2.24, 2.45) is 10.9 Å². The molecule has 1 aliphatic heterocycles. The second kappa shape index (κ2) is 5.54. The van der Waals surface area contributed by atoms with E-state index in [0.29, 0.717) is 5.57 Å². The normalized spacial score (nSPS) is 22.0. The Bertz CT molecular complexity index is 834. The van der Waals surface area contributed by atoms with Gasteiger partial charge in [0.2, 0.25) is 0 Å². The van der Waals surface area contributed by atoms with Gasteiger partial charge in [0.1, 0.15) is 0 Å². The topological polar surface area (TPSA) is 61.0 Å². The monoisotopic (exact) mass is 305 g/mol. The van der Waals surface area contributed by atoms with Crippen molar-refractivity contribution in [3.8, 4) is 0 Å². The number of aromatic nitrogens is 2. The van der Waals surface area contributed by atoms with Crippen LogP contribution in [0.25, 0.3) is 6.08 Å². The molecule has 0 saturated heterocycles. The third-order valence-electron chi connectivity index (χ3n) is 4.59. The highest BCUT2D eigenvalue weighted by atomic mass is 16.1. The number of H-pyrrole nitrogens is 2. The quantitative estimate of drug-likeness (QED) is 0.838. The number of carbonyl (C=O) groups excluding carboxylic acids is 1. The Labute approximate surface area is 135 Å². The lowest BCUT2D eigenvalue weighted by molar-refractivity contribution is -0.104. The zero-order valence-corrected chi connectivity index (χ0v) is 13.1. The van der Waals surface area contributed by atoms with Crippen molar-refractivity contribution in [1.29, 1.82) is 0 Å². The van der Waals surface area contributed by atoms with E-state index in [4.69, 9.17) is 0 Å². The first-order chi connectivity index (χ1) is 11.2. The van der Waals surface area contributed by atoms with Crippen LogP contribution in [0.1, 0.15) is 36.0 Å². The molecule has 2 aromatic rings. The second-order valence-electron chi connectivity index (χ2n) is 6.40. The molecule has 1 aliphatic carbocycles. The van der Waals surface area contributed by atoms with Gasteiger partial charge in [-0.1, -0.05) is 6.92 Å². The van der Waals surface area contributed by atoms with Crippen molar-refractivity contribution in [1.82, 2.24) is 9.97 Å². The lowest BCUT2D eigenvalue weighted by atomic mass is 9.89. The number of hydrogen-bond donors (Lipinski definition) is 2. The van der Waals surface area contributed by atoms with E-state index >= 15 is 0 Å². The van der Waals surface area contributed by atoms with Gasteiger partial charge in [0.25, 0.3) is 0 Å². The van der Waals surface area contributed by atoms with Gasteiger partial charge in [-0.25, -0.2) is 4.99 Å². The molecule has 2 N–H and O–H groups in total. The number of carbonyl (C=O) groups is 1. The number of aryl methyl sites for hydroxylation is 1. The summed E-state index contributed by atoms with van der Waals surface area (Å²) in [5.41, 5.74) is 6.83. The number of nitrogens with zero attached hydrogens (tertiary/aromatic N) is 1. The summed E-state index contributed by atoms with van der Waals surface area (Å²) >= 11 is 0. The number of allylic oxidation sites excluding steroid dienone is 2. The second-order valence-corrected chi connectivity index (χ2v) is 6.40. The van der Waals surface area contributed by atoms with Crippen LogP contribution in [0.15, 0.2) is 46.7 Å². The van der Waals surface area contributed by atoms with Crippen molar-refractivity contribution in [2.75, 3.05) is 0 Å². The number of rotatable bonds is 3. The number of aldehydes is 1. The first-order valence-electron chi connectivity index (χ1n) is 8.05. The molecule has 1 atom stereocenters. The van der Waals surface area contributed by atoms with Gasteiger partial charge in [-0.05, 0) is 61.1 Å². The maximum absolute atomic E-state index is 11.4. The third-order valence-corrected chi connectivity index (χ3v) is 4.59. The van der Waals surface area contributed by atoms with Gasteiger partial charge in [-0.3, -0.25) is 4.79 Å². The number of hydrogen-bond acceptors (Lipinski definition) is 2. The summed E-state index contributed by atoms with van der Waals surface area (Å²) in [6, 6.07) is 6.08. The minimum absolute atomic E-state index is 0.621. The first kappa shape index (κ1) is 14.0. The summed E-state index contributed by atoms with van der Waals surface area (Å²) in [5, 5.41) is 0. The highest BCUT2D eigenvalue weighted by Gasteiger charge is 2.19. The van der Waals surface area contributed by atoms with Gasteiger partial charge in [-0.2, -0.15) is 0 Å². The fourth-order valence-corrected chi connectivity index (χ4v) is 3.35. The Balaban J connectivity index is 1.68. The fraction of sp³-hybridized carbons (Fsp3) is 0.263. The average Bonchev–Trinajstić information content (AvgIpc) is 3.25. The predicted molar refractivity (Wildman–Crippen MR) is 91.4 cm³/mol. The summed E-state index contributed by atoms with van der Waals surface area (Å²) < 4.78 is 0. The van der Waals surface area contributed by atoms with E-state index in [9.17, 15) is 4.79 Å². The summed E-state index contributed by atoms with van der Waals surface area (Å²) in [6.45, 7) is 2.30. The lowest BCUT2D eigenvalue weighted by Crippen LogP contribution is -2.09. The SMILES string of the molecule is CC1CCc2[nH]c(/C=C3/N=C(c4ccc[nH]4)C=C3C=O)cc2C1.